The maximum absolute atomic E-state index is 13.4. The Morgan fingerprint density at radius 3 is 2.79 bits per heavy atom. The maximum atomic E-state index is 13.4. The highest BCUT2D eigenvalue weighted by Crippen LogP contribution is 2.28. The predicted molar refractivity (Wildman–Crippen MR) is 130 cm³/mol. The fraction of sp³-hybridized carbons (Fsp3) is 0.185. The van der Waals surface area contributed by atoms with Gasteiger partial charge in [-0.1, -0.05) is 36.8 Å². The van der Waals surface area contributed by atoms with Gasteiger partial charge in [0.05, 0.1) is 17.3 Å². The van der Waals surface area contributed by atoms with Gasteiger partial charge in [-0.3, -0.25) is 4.79 Å². The van der Waals surface area contributed by atoms with Crippen LogP contribution in [0.3, 0.4) is 0 Å². The Morgan fingerprint density at radius 2 is 1.88 bits per heavy atom. The predicted octanol–water partition coefficient (Wildman–Crippen LogP) is 5.73. The van der Waals surface area contributed by atoms with Crippen LogP contribution in [0.15, 0.2) is 77.4 Å². The van der Waals surface area contributed by atoms with Crippen molar-refractivity contribution < 1.29 is 9.21 Å². The molecule has 4 heterocycles. The van der Waals surface area contributed by atoms with Crippen molar-refractivity contribution in [3.05, 3.63) is 84.4 Å². The third-order valence-electron chi connectivity index (χ3n) is 6.22. The average Bonchev–Trinajstić information content (AvgIpc) is 3.49. The van der Waals surface area contributed by atoms with Crippen LogP contribution in [0.25, 0.3) is 33.7 Å². The highest BCUT2D eigenvalue weighted by molar-refractivity contribution is 6.13. The minimum absolute atomic E-state index is 0.205. The van der Waals surface area contributed by atoms with Gasteiger partial charge in [-0.15, -0.1) is 10.2 Å². The van der Waals surface area contributed by atoms with Gasteiger partial charge in [-0.2, -0.15) is 0 Å². The average molecular weight is 450 g/mol. The molecule has 5 aromatic rings. The molecule has 168 valence electrons. The SMILES string of the molecule is O=C(Nc1cccc(-c2nnc3n2CCCCC3)c1)c1cc(-c2ccco2)nc2ccccc12. The molecule has 34 heavy (non-hydrogen) atoms. The van der Waals surface area contributed by atoms with Crippen LogP contribution in [-0.2, 0) is 13.0 Å². The Balaban J connectivity index is 1.34. The van der Waals surface area contributed by atoms with E-state index >= 15 is 0 Å². The van der Waals surface area contributed by atoms with Crippen molar-refractivity contribution in [2.75, 3.05) is 5.32 Å². The van der Waals surface area contributed by atoms with Crippen LogP contribution in [0.1, 0.15) is 35.4 Å². The molecule has 0 radical (unpaired) electrons. The van der Waals surface area contributed by atoms with Crippen molar-refractivity contribution in [3.8, 4) is 22.8 Å². The molecule has 0 atom stereocenters. The molecule has 2 aromatic carbocycles. The molecule has 0 saturated heterocycles. The van der Waals surface area contributed by atoms with E-state index < -0.39 is 0 Å². The smallest absolute Gasteiger partial charge is 0.256 e. The van der Waals surface area contributed by atoms with Crippen LogP contribution in [0.2, 0.25) is 0 Å². The summed E-state index contributed by atoms with van der Waals surface area (Å²) in [5.41, 5.74) is 3.54. The Labute approximate surface area is 196 Å². The number of amides is 1. The molecule has 7 nitrogen and oxygen atoms in total. The van der Waals surface area contributed by atoms with E-state index in [1.54, 1.807) is 12.3 Å². The molecule has 1 aliphatic rings. The number of para-hydroxylation sites is 1. The van der Waals surface area contributed by atoms with Gasteiger partial charge in [0.25, 0.3) is 5.91 Å². The van der Waals surface area contributed by atoms with Crippen molar-refractivity contribution in [1.29, 1.82) is 0 Å². The molecule has 1 amide bonds. The molecule has 0 bridgehead atoms. The molecule has 0 saturated carbocycles. The first-order chi connectivity index (χ1) is 16.8. The number of anilines is 1. The Morgan fingerprint density at radius 1 is 0.941 bits per heavy atom. The van der Waals surface area contributed by atoms with E-state index in [0.29, 0.717) is 22.7 Å². The van der Waals surface area contributed by atoms with E-state index in [1.807, 2.05) is 60.7 Å². The number of fused-ring (bicyclic) bond motifs is 2. The van der Waals surface area contributed by atoms with Crippen molar-refractivity contribution in [1.82, 2.24) is 19.7 Å². The van der Waals surface area contributed by atoms with Gasteiger partial charge in [-0.05, 0) is 49.2 Å². The largest absolute Gasteiger partial charge is 0.463 e. The van der Waals surface area contributed by atoms with Crippen molar-refractivity contribution in [3.63, 3.8) is 0 Å². The number of furan rings is 1. The molecule has 0 fully saturated rings. The number of nitrogens with one attached hydrogen (secondary N) is 1. The molecule has 6 rings (SSSR count). The summed E-state index contributed by atoms with van der Waals surface area (Å²) in [4.78, 5) is 18.1. The van der Waals surface area contributed by atoms with Crippen LogP contribution in [0.5, 0.6) is 0 Å². The summed E-state index contributed by atoms with van der Waals surface area (Å²) in [7, 11) is 0. The van der Waals surface area contributed by atoms with Gasteiger partial charge >= 0.3 is 0 Å². The molecular formula is C27H23N5O2. The zero-order valence-corrected chi connectivity index (χ0v) is 18.6. The number of carbonyl (C=O) groups is 1. The van der Waals surface area contributed by atoms with Gasteiger partial charge in [0.2, 0.25) is 0 Å². The number of pyridine rings is 1. The first-order valence-electron chi connectivity index (χ1n) is 11.5. The Kier molecular flexibility index (Phi) is 5.14. The molecule has 1 N–H and O–H groups in total. The van der Waals surface area contributed by atoms with Crippen LogP contribution in [0, 0.1) is 0 Å². The lowest BCUT2D eigenvalue weighted by atomic mass is 10.1. The number of hydrogen-bond donors (Lipinski definition) is 1. The number of rotatable bonds is 4. The van der Waals surface area contributed by atoms with E-state index in [2.05, 4.69) is 25.1 Å². The molecule has 0 aliphatic carbocycles. The number of carbonyl (C=O) groups excluding carboxylic acids is 1. The molecular weight excluding hydrogens is 426 g/mol. The van der Waals surface area contributed by atoms with E-state index in [4.69, 9.17) is 4.42 Å². The van der Waals surface area contributed by atoms with Gasteiger partial charge in [0, 0.05) is 29.6 Å². The minimum atomic E-state index is -0.205. The lowest BCUT2D eigenvalue weighted by molar-refractivity contribution is 0.102. The number of hydrogen-bond acceptors (Lipinski definition) is 5. The molecule has 1 aliphatic heterocycles. The van der Waals surface area contributed by atoms with E-state index in [-0.39, 0.29) is 5.91 Å². The van der Waals surface area contributed by atoms with Crippen molar-refractivity contribution >= 4 is 22.5 Å². The Hall–Kier alpha value is -4.26. The summed E-state index contributed by atoms with van der Waals surface area (Å²) in [6, 6.07) is 20.8. The van der Waals surface area contributed by atoms with Crippen molar-refractivity contribution in [2.24, 2.45) is 0 Å². The van der Waals surface area contributed by atoms with Crippen molar-refractivity contribution in [2.45, 2.75) is 32.2 Å². The second-order valence-electron chi connectivity index (χ2n) is 8.49. The fourth-order valence-electron chi connectivity index (χ4n) is 4.55. The highest BCUT2D eigenvalue weighted by atomic mass is 16.3. The quantitative estimate of drug-likeness (QED) is 0.379. The first kappa shape index (κ1) is 20.4. The Bertz CT molecular complexity index is 1490. The summed E-state index contributed by atoms with van der Waals surface area (Å²) in [6.07, 6.45) is 6.04. The topological polar surface area (TPSA) is 85.8 Å². The first-order valence-corrected chi connectivity index (χ1v) is 11.5. The molecule has 0 unspecified atom stereocenters. The standard InChI is InChI=1S/C27H23N5O2/c33-27(21-17-23(24-12-7-15-34-24)29-22-11-4-3-10-20(21)22)28-19-9-6-8-18(16-19)26-31-30-25-13-2-1-5-14-32(25)26/h3-4,6-12,15-17H,1-2,5,13-14H2,(H,28,33). The van der Waals surface area contributed by atoms with Crippen LogP contribution >= 0.6 is 0 Å². The third-order valence-corrected chi connectivity index (χ3v) is 6.22. The summed E-state index contributed by atoms with van der Waals surface area (Å²) >= 11 is 0. The van der Waals surface area contributed by atoms with E-state index in [9.17, 15) is 4.79 Å². The zero-order chi connectivity index (χ0) is 22.9. The lowest BCUT2D eigenvalue weighted by Crippen LogP contribution is -2.13. The normalized spacial score (nSPS) is 13.4. The number of nitrogens with zero attached hydrogens (tertiary/aromatic N) is 4. The van der Waals surface area contributed by atoms with E-state index in [0.717, 1.165) is 53.9 Å². The molecule has 7 heteroatoms. The number of aryl methyl sites for hydroxylation is 1. The summed E-state index contributed by atoms with van der Waals surface area (Å²) in [5, 5.41) is 12.7. The van der Waals surface area contributed by atoms with Gasteiger partial charge in [0.15, 0.2) is 11.6 Å². The summed E-state index contributed by atoms with van der Waals surface area (Å²) in [5.74, 6) is 2.30. The fourth-order valence-corrected chi connectivity index (χ4v) is 4.55. The number of aromatic nitrogens is 4. The highest BCUT2D eigenvalue weighted by Gasteiger charge is 2.18. The zero-order valence-electron chi connectivity index (χ0n) is 18.6. The minimum Gasteiger partial charge on any atom is -0.463 e. The summed E-state index contributed by atoms with van der Waals surface area (Å²) in [6.45, 7) is 0.923. The van der Waals surface area contributed by atoms with Crippen LogP contribution < -0.4 is 5.32 Å². The van der Waals surface area contributed by atoms with Crippen LogP contribution in [0.4, 0.5) is 5.69 Å². The number of benzene rings is 2. The molecule has 3 aromatic heterocycles. The monoisotopic (exact) mass is 449 g/mol. The van der Waals surface area contributed by atoms with Gasteiger partial charge < -0.3 is 14.3 Å². The van der Waals surface area contributed by atoms with Gasteiger partial charge in [0.1, 0.15) is 11.5 Å². The maximum Gasteiger partial charge on any atom is 0.256 e. The van der Waals surface area contributed by atoms with Crippen LogP contribution in [-0.4, -0.2) is 25.7 Å². The second kappa shape index (κ2) is 8.59. The summed E-state index contributed by atoms with van der Waals surface area (Å²) < 4.78 is 7.73. The van der Waals surface area contributed by atoms with Gasteiger partial charge in [-0.25, -0.2) is 4.98 Å². The molecule has 0 spiro atoms. The second-order valence-corrected chi connectivity index (χ2v) is 8.49. The van der Waals surface area contributed by atoms with E-state index in [1.165, 1.54) is 6.42 Å². The lowest BCUT2D eigenvalue weighted by Gasteiger charge is -2.11. The third kappa shape index (κ3) is 3.75.